The van der Waals surface area contributed by atoms with E-state index in [0.29, 0.717) is 17.8 Å². The van der Waals surface area contributed by atoms with Gasteiger partial charge in [0.1, 0.15) is 22.3 Å². The normalized spacial score (nSPS) is 13.4. The summed E-state index contributed by atoms with van der Waals surface area (Å²) in [5, 5.41) is 2.51. The number of amides is 2. The SMILES string of the molecule is O=C1COc2cc(C(=O)NS(=O)(=O)c3ccc(F)cc3F)ccc2N1. The topological polar surface area (TPSA) is 102 Å². The summed E-state index contributed by atoms with van der Waals surface area (Å²) in [5.41, 5.74) is 0.251. The largest absolute Gasteiger partial charge is 0.482 e. The molecule has 2 amide bonds. The lowest BCUT2D eigenvalue weighted by Gasteiger charge is -2.18. The zero-order valence-corrected chi connectivity index (χ0v) is 13.2. The molecule has 25 heavy (non-hydrogen) atoms. The average molecular weight is 368 g/mol. The van der Waals surface area contributed by atoms with E-state index in [4.69, 9.17) is 4.74 Å². The van der Waals surface area contributed by atoms with E-state index < -0.39 is 32.5 Å². The first-order chi connectivity index (χ1) is 11.8. The highest BCUT2D eigenvalue weighted by molar-refractivity contribution is 7.90. The Kier molecular flexibility index (Phi) is 4.13. The Morgan fingerprint density at radius 2 is 1.92 bits per heavy atom. The van der Waals surface area contributed by atoms with Crippen LogP contribution >= 0.6 is 0 Å². The van der Waals surface area contributed by atoms with Gasteiger partial charge in [0.2, 0.25) is 0 Å². The maximum Gasteiger partial charge on any atom is 0.267 e. The fraction of sp³-hybridized carbons (Fsp3) is 0.0667. The number of carbonyl (C=O) groups excluding carboxylic acids is 2. The van der Waals surface area contributed by atoms with Gasteiger partial charge in [-0.1, -0.05) is 0 Å². The Bertz CT molecular complexity index is 991. The summed E-state index contributed by atoms with van der Waals surface area (Å²) in [6.45, 7) is -0.239. The Hall–Kier alpha value is -3.01. The molecule has 0 fully saturated rings. The van der Waals surface area contributed by atoms with Crippen molar-refractivity contribution < 1.29 is 31.5 Å². The van der Waals surface area contributed by atoms with Crippen LogP contribution in [0.25, 0.3) is 0 Å². The van der Waals surface area contributed by atoms with Crippen LogP contribution in [0.1, 0.15) is 10.4 Å². The Labute approximate surface area is 140 Å². The van der Waals surface area contributed by atoms with Crippen LogP contribution in [0.5, 0.6) is 5.75 Å². The molecule has 3 rings (SSSR count). The van der Waals surface area contributed by atoms with Gasteiger partial charge in [-0.05, 0) is 30.3 Å². The first-order valence-electron chi connectivity index (χ1n) is 6.85. The van der Waals surface area contributed by atoms with Crippen LogP contribution in [0.3, 0.4) is 0 Å². The van der Waals surface area contributed by atoms with E-state index in [1.807, 2.05) is 0 Å². The molecular formula is C15H10F2N2O5S. The summed E-state index contributed by atoms with van der Waals surface area (Å²) >= 11 is 0. The Balaban J connectivity index is 1.85. The highest BCUT2D eigenvalue weighted by Crippen LogP contribution is 2.28. The van der Waals surface area contributed by atoms with Crippen molar-refractivity contribution in [2.24, 2.45) is 0 Å². The highest BCUT2D eigenvalue weighted by Gasteiger charge is 2.24. The summed E-state index contributed by atoms with van der Waals surface area (Å²) in [7, 11) is -4.54. The minimum Gasteiger partial charge on any atom is -0.482 e. The van der Waals surface area contributed by atoms with Crippen molar-refractivity contribution >= 4 is 27.5 Å². The van der Waals surface area contributed by atoms with Gasteiger partial charge < -0.3 is 10.1 Å². The van der Waals surface area contributed by atoms with Crippen LogP contribution in [0, 0.1) is 11.6 Å². The van der Waals surface area contributed by atoms with E-state index in [1.165, 1.54) is 18.2 Å². The number of sulfonamides is 1. The van der Waals surface area contributed by atoms with Gasteiger partial charge in [0.05, 0.1) is 5.69 Å². The Morgan fingerprint density at radius 3 is 2.64 bits per heavy atom. The number of hydrogen-bond acceptors (Lipinski definition) is 5. The van der Waals surface area contributed by atoms with E-state index in [0.717, 1.165) is 6.07 Å². The van der Waals surface area contributed by atoms with Crippen molar-refractivity contribution in [3.05, 3.63) is 53.6 Å². The molecule has 0 saturated heterocycles. The summed E-state index contributed by atoms with van der Waals surface area (Å²) < 4.78 is 57.5. The number of rotatable bonds is 3. The number of hydrogen-bond donors (Lipinski definition) is 2. The zero-order valence-electron chi connectivity index (χ0n) is 12.4. The minimum atomic E-state index is -4.54. The fourth-order valence-corrected chi connectivity index (χ4v) is 3.18. The van der Waals surface area contributed by atoms with Crippen molar-refractivity contribution in [1.29, 1.82) is 0 Å². The van der Waals surface area contributed by atoms with Gasteiger partial charge in [0.25, 0.3) is 21.8 Å². The number of ether oxygens (including phenoxy) is 1. The van der Waals surface area contributed by atoms with Crippen molar-refractivity contribution in [2.75, 3.05) is 11.9 Å². The van der Waals surface area contributed by atoms with Crippen molar-refractivity contribution in [3.63, 3.8) is 0 Å². The second-order valence-electron chi connectivity index (χ2n) is 5.06. The molecule has 0 aliphatic carbocycles. The molecule has 1 heterocycles. The van der Waals surface area contributed by atoms with Gasteiger partial charge in [-0.3, -0.25) is 9.59 Å². The van der Waals surface area contributed by atoms with E-state index in [1.54, 1.807) is 4.72 Å². The van der Waals surface area contributed by atoms with E-state index >= 15 is 0 Å². The smallest absolute Gasteiger partial charge is 0.267 e. The lowest BCUT2D eigenvalue weighted by molar-refractivity contribution is -0.118. The van der Waals surface area contributed by atoms with Crippen LogP contribution in [-0.2, 0) is 14.8 Å². The molecule has 2 aromatic rings. The number of fused-ring (bicyclic) bond motifs is 1. The third kappa shape index (κ3) is 3.43. The van der Waals surface area contributed by atoms with Crippen LogP contribution in [0.2, 0.25) is 0 Å². The predicted octanol–water partition coefficient (Wildman–Crippen LogP) is 1.41. The molecule has 2 N–H and O–H groups in total. The molecule has 130 valence electrons. The molecule has 7 nitrogen and oxygen atoms in total. The predicted molar refractivity (Wildman–Crippen MR) is 81.6 cm³/mol. The summed E-state index contributed by atoms with van der Waals surface area (Å²) in [5.74, 6) is -3.47. The molecule has 0 spiro atoms. The monoisotopic (exact) mass is 368 g/mol. The first-order valence-corrected chi connectivity index (χ1v) is 8.33. The third-order valence-electron chi connectivity index (χ3n) is 3.29. The number of anilines is 1. The number of halogens is 2. The molecule has 0 atom stereocenters. The molecule has 1 aliphatic heterocycles. The van der Waals surface area contributed by atoms with Gasteiger partial charge >= 0.3 is 0 Å². The second kappa shape index (κ2) is 6.13. The molecule has 1 aliphatic rings. The van der Waals surface area contributed by atoms with Crippen molar-refractivity contribution in [2.45, 2.75) is 4.90 Å². The molecule has 10 heteroatoms. The molecule has 0 bridgehead atoms. The van der Waals surface area contributed by atoms with Crippen LogP contribution in [0.4, 0.5) is 14.5 Å². The Morgan fingerprint density at radius 1 is 1.16 bits per heavy atom. The fourth-order valence-electron chi connectivity index (χ4n) is 2.14. The number of benzene rings is 2. The van der Waals surface area contributed by atoms with Gasteiger partial charge in [0, 0.05) is 11.6 Å². The summed E-state index contributed by atoms with van der Waals surface area (Å²) in [4.78, 5) is 22.5. The van der Waals surface area contributed by atoms with Crippen molar-refractivity contribution in [1.82, 2.24) is 4.72 Å². The third-order valence-corrected chi connectivity index (χ3v) is 4.65. The lowest BCUT2D eigenvalue weighted by Crippen LogP contribution is -2.31. The number of nitrogens with one attached hydrogen (secondary N) is 2. The molecule has 0 unspecified atom stereocenters. The molecule has 2 aromatic carbocycles. The van der Waals surface area contributed by atoms with Gasteiger partial charge in [-0.2, -0.15) is 0 Å². The van der Waals surface area contributed by atoms with Gasteiger partial charge in [-0.15, -0.1) is 0 Å². The van der Waals surface area contributed by atoms with Crippen LogP contribution in [-0.4, -0.2) is 26.8 Å². The van der Waals surface area contributed by atoms with E-state index in [9.17, 15) is 26.8 Å². The molecule has 0 radical (unpaired) electrons. The summed E-state index contributed by atoms with van der Waals surface area (Å²) in [6, 6.07) is 5.74. The maximum atomic E-state index is 13.6. The van der Waals surface area contributed by atoms with E-state index in [2.05, 4.69) is 5.32 Å². The minimum absolute atomic E-state index is 0.0824. The van der Waals surface area contributed by atoms with E-state index in [-0.39, 0.29) is 23.8 Å². The highest BCUT2D eigenvalue weighted by atomic mass is 32.2. The standard InChI is InChI=1S/C15H10F2N2O5S/c16-9-2-4-13(10(17)6-9)25(22,23)19-15(21)8-1-3-11-12(5-8)24-7-14(20)18-11/h1-6H,7H2,(H,18,20)(H,19,21). The molecular weight excluding hydrogens is 358 g/mol. The van der Waals surface area contributed by atoms with Crippen molar-refractivity contribution in [3.8, 4) is 5.75 Å². The number of carbonyl (C=O) groups is 2. The summed E-state index contributed by atoms with van der Waals surface area (Å²) in [6.07, 6.45) is 0. The maximum absolute atomic E-state index is 13.6. The second-order valence-corrected chi connectivity index (χ2v) is 6.71. The quantitative estimate of drug-likeness (QED) is 0.853. The first kappa shape index (κ1) is 16.8. The van der Waals surface area contributed by atoms with Gasteiger partial charge in [-0.25, -0.2) is 21.9 Å². The molecule has 0 aromatic heterocycles. The van der Waals surface area contributed by atoms with Crippen LogP contribution < -0.4 is 14.8 Å². The van der Waals surface area contributed by atoms with Crippen LogP contribution in [0.15, 0.2) is 41.3 Å². The zero-order chi connectivity index (χ0) is 18.2. The average Bonchev–Trinajstić information content (AvgIpc) is 2.53. The molecule has 0 saturated carbocycles. The van der Waals surface area contributed by atoms with Gasteiger partial charge in [0.15, 0.2) is 6.61 Å². The lowest BCUT2D eigenvalue weighted by atomic mass is 10.1.